The van der Waals surface area contributed by atoms with Crippen LogP contribution in [0.4, 0.5) is 0 Å². The van der Waals surface area contributed by atoms with Gasteiger partial charge in [0.1, 0.15) is 5.69 Å². The molecule has 2 rings (SSSR count). The predicted molar refractivity (Wildman–Crippen MR) is 64.7 cm³/mol. The van der Waals surface area contributed by atoms with Crippen LogP contribution in [0, 0.1) is 0 Å². The molecule has 4 nitrogen and oxygen atoms in total. The van der Waals surface area contributed by atoms with Crippen LogP contribution in [0.15, 0.2) is 10.9 Å². The van der Waals surface area contributed by atoms with Crippen LogP contribution < -0.4 is 0 Å². The van der Waals surface area contributed by atoms with E-state index in [4.69, 9.17) is 0 Å². The molecule has 5 heteroatoms. The van der Waals surface area contributed by atoms with Crippen molar-refractivity contribution in [3.63, 3.8) is 0 Å². The molecule has 1 aromatic rings. The normalized spacial score (nSPS) is 21.4. The molecule has 0 radical (unpaired) electrons. The molecule has 1 aromatic heterocycles. The molecule has 16 heavy (non-hydrogen) atoms. The van der Waals surface area contributed by atoms with Crippen molar-refractivity contribution in [2.45, 2.75) is 18.9 Å². The average Bonchev–Trinajstić information content (AvgIpc) is 2.81. The lowest BCUT2D eigenvalue weighted by Gasteiger charge is -2.35. The number of rotatable bonds is 2. The Labute approximate surface area is 99.9 Å². The van der Waals surface area contributed by atoms with E-state index in [-0.39, 0.29) is 5.91 Å². The number of likely N-dealkylation sites (N-methyl/N-ethyl adjacent to an activating group) is 1. The van der Waals surface area contributed by atoms with Crippen LogP contribution >= 0.6 is 11.3 Å². The van der Waals surface area contributed by atoms with E-state index in [0.717, 1.165) is 19.5 Å². The van der Waals surface area contributed by atoms with Crippen LogP contribution in [-0.4, -0.2) is 53.9 Å². The van der Waals surface area contributed by atoms with Gasteiger partial charge in [-0.15, -0.1) is 11.3 Å². The summed E-state index contributed by atoms with van der Waals surface area (Å²) in [7, 11) is 4.14. The molecule has 0 spiro atoms. The first-order chi connectivity index (χ1) is 7.68. The van der Waals surface area contributed by atoms with Crippen molar-refractivity contribution >= 4 is 17.2 Å². The molecular formula is C11H17N3OS. The second-order valence-corrected chi connectivity index (χ2v) is 5.10. The summed E-state index contributed by atoms with van der Waals surface area (Å²) in [5.41, 5.74) is 2.30. The number of amides is 1. The Morgan fingerprint density at radius 1 is 1.62 bits per heavy atom. The maximum atomic E-state index is 12.1. The Hall–Kier alpha value is -0.940. The number of hydrogen-bond donors (Lipinski definition) is 0. The first kappa shape index (κ1) is 11.5. The maximum Gasteiger partial charge on any atom is 0.273 e. The molecule has 0 bridgehead atoms. The van der Waals surface area contributed by atoms with Gasteiger partial charge in [0.15, 0.2) is 0 Å². The van der Waals surface area contributed by atoms with Gasteiger partial charge >= 0.3 is 0 Å². The van der Waals surface area contributed by atoms with Gasteiger partial charge in [-0.1, -0.05) is 0 Å². The van der Waals surface area contributed by atoms with Gasteiger partial charge < -0.3 is 9.80 Å². The quantitative estimate of drug-likeness (QED) is 0.781. The number of piperidine rings is 1. The van der Waals surface area contributed by atoms with Crippen molar-refractivity contribution in [3.8, 4) is 0 Å². The molecular weight excluding hydrogens is 222 g/mol. The number of likely N-dealkylation sites (tertiary alicyclic amines) is 1. The summed E-state index contributed by atoms with van der Waals surface area (Å²) in [5.74, 6) is 0.0767. The van der Waals surface area contributed by atoms with Gasteiger partial charge in [-0.05, 0) is 26.9 Å². The molecule has 88 valence electrons. The molecule has 1 unspecified atom stereocenters. The summed E-state index contributed by atoms with van der Waals surface area (Å²) >= 11 is 1.47. The van der Waals surface area contributed by atoms with E-state index in [9.17, 15) is 4.79 Å². The maximum absolute atomic E-state index is 12.1. The molecule has 1 amide bonds. The summed E-state index contributed by atoms with van der Waals surface area (Å²) in [6.45, 7) is 1.68. The van der Waals surface area contributed by atoms with Crippen LogP contribution in [-0.2, 0) is 0 Å². The summed E-state index contributed by atoms with van der Waals surface area (Å²) in [5, 5.41) is 1.82. The predicted octanol–water partition coefficient (Wildman–Crippen LogP) is 1.31. The van der Waals surface area contributed by atoms with Crippen molar-refractivity contribution in [2.24, 2.45) is 0 Å². The van der Waals surface area contributed by atoms with E-state index >= 15 is 0 Å². The van der Waals surface area contributed by atoms with E-state index < -0.39 is 0 Å². The van der Waals surface area contributed by atoms with Crippen LogP contribution in [0.3, 0.4) is 0 Å². The number of aromatic nitrogens is 1. The summed E-state index contributed by atoms with van der Waals surface area (Å²) in [6.07, 6.45) is 2.26. The lowest BCUT2D eigenvalue weighted by atomic mass is 10.0. The number of hydrogen-bond acceptors (Lipinski definition) is 4. The summed E-state index contributed by atoms with van der Waals surface area (Å²) in [4.78, 5) is 20.3. The zero-order chi connectivity index (χ0) is 11.5. The van der Waals surface area contributed by atoms with Gasteiger partial charge in [-0.25, -0.2) is 4.98 Å². The first-order valence-corrected chi connectivity index (χ1v) is 6.46. The van der Waals surface area contributed by atoms with Gasteiger partial charge in [0.25, 0.3) is 5.91 Å². The fourth-order valence-corrected chi connectivity index (χ4v) is 2.57. The lowest BCUT2D eigenvalue weighted by Crippen LogP contribution is -2.47. The van der Waals surface area contributed by atoms with Crippen molar-refractivity contribution < 1.29 is 4.79 Å². The summed E-state index contributed by atoms with van der Waals surface area (Å²) in [6, 6.07) is 0.483. The van der Waals surface area contributed by atoms with Crippen LogP contribution in [0.1, 0.15) is 23.3 Å². The molecule has 0 saturated carbocycles. The number of carbonyl (C=O) groups excluding carboxylic acids is 1. The second kappa shape index (κ2) is 4.93. The lowest BCUT2D eigenvalue weighted by molar-refractivity contribution is 0.0630. The van der Waals surface area contributed by atoms with Crippen LogP contribution in [0.25, 0.3) is 0 Å². The first-order valence-electron chi connectivity index (χ1n) is 5.52. The van der Waals surface area contributed by atoms with E-state index in [1.54, 1.807) is 5.51 Å². The minimum Gasteiger partial charge on any atom is -0.336 e. The minimum atomic E-state index is 0.0767. The third-order valence-corrected chi connectivity index (χ3v) is 3.65. The third kappa shape index (κ3) is 2.41. The van der Waals surface area contributed by atoms with Gasteiger partial charge in [-0.3, -0.25) is 4.79 Å². The fraction of sp³-hybridized carbons (Fsp3) is 0.636. The topological polar surface area (TPSA) is 36.4 Å². The third-order valence-electron chi connectivity index (χ3n) is 3.07. The highest BCUT2D eigenvalue weighted by molar-refractivity contribution is 7.07. The van der Waals surface area contributed by atoms with Crippen molar-refractivity contribution in [2.75, 3.05) is 27.2 Å². The molecule has 0 aliphatic carbocycles. The molecule has 2 heterocycles. The highest BCUT2D eigenvalue weighted by Crippen LogP contribution is 2.16. The molecule has 0 aromatic carbocycles. The van der Waals surface area contributed by atoms with E-state index in [2.05, 4.69) is 24.0 Å². The van der Waals surface area contributed by atoms with Crippen molar-refractivity contribution in [1.29, 1.82) is 0 Å². The molecule has 1 fully saturated rings. The molecule has 1 atom stereocenters. The SMILES string of the molecule is CN(C)C1CCCN(C(=O)c2cscn2)C1. The zero-order valence-electron chi connectivity index (χ0n) is 9.72. The fourth-order valence-electron chi connectivity index (χ4n) is 2.04. The molecule has 1 aliphatic rings. The Bertz CT molecular complexity index is 350. The van der Waals surface area contributed by atoms with Crippen LogP contribution in [0.2, 0.25) is 0 Å². The van der Waals surface area contributed by atoms with Crippen molar-refractivity contribution in [1.82, 2.24) is 14.8 Å². The highest BCUT2D eigenvalue weighted by Gasteiger charge is 2.26. The Morgan fingerprint density at radius 3 is 3.06 bits per heavy atom. The zero-order valence-corrected chi connectivity index (χ0v) is 10.5. The van der Waals surface area contributed by atoms with E-state index in [1.807, 2.05) is 10.3 Å². The van der Waals surface area contributed by atoms with Gasteiger partial charge in [0, 0.05) is 24.5 Å². The number of carbonyl (C=O) groups is 1. The molecule has 0 N–H and O–H groups in total. The Morgan fingerprint density at radius 2 is 2.44 bits per heavy atom. The van der Waals surface area contributed by atoms with Gasteiger partial charge in [0.2, 0.25) is 0 Å². The largest absolute Gasteiger partial charge is 0.336 e. The molecule has 1 aliphatic heterocycles. The Kier molecular flexibility index (Phi) is 3.56. The van der Waals surface area contributed by atoms with E-state index in [0.29, 0.717) is 11.7 Å². The molecule has 1 saturated heterocycles. The number of thiazole rings is 1. The number of nitrogens with zero attached hydrogens (tertiary/aromatic N) is 3. The van der Waals surface area contributed by atoms with Gasteiger partial charge in [-0.2, -0.15) is 0 Å². The van der Waals surface area contributed by atoms with Crippen LogP contribution in [0.5, 0.6) is 0 Å². The second-order valence-electron chi connectivity index (χ2n) is 4.38. The Balaban J connectivity index is 2.02. The average molecular weight is 239 g/mol. The highest BCUT2D eigenvalue weighted by atomic mass is 32.1. The van der Waals surface area contributed by atoms with Gasteiger partial charge in [0.05, 0.1) is 5.51 Å². The van der Waals surface area contributed by atoms with E-state index in [1.165, 1.54) is 17.8 Å². The minimum absolute atomic E-state index is 0.0767. The van der Waals surface area contributed by atoms with Crippen molar-refractivity contribution in [3.05, 3.63) is 16.6 Å². The summed E-state index contributed by atoms with van der Waals surface area (Å²) < 4.78 is 0. The monoisotopic (exact) mass is 239 g/mol. The smallest absolute Gasteiger partial charge is 0.273 e. The standard InChI is InChI=1S/C11H17N3OS/c1-13(2)9-4-3-5-14(6-9)11(15)10-7-16-8-12-10/h7-9H,3-6H2,1-2H3.